The minimum absolute atomic E-state index is 0.0344. The highest BCUT2D eigenvalue weighted by molar-refractivity contribution is 6.32. The number of nitrogens with zero attached hydrogens (tertiary/aromatic N) is 1. The number of Topliss-reactive ketones (excluding diaryl/α,β-unsaturated/α-hetero) is 4. The van der Waals surface area contributed by atoms with E-state index in [1.807, 2.05) is 0 Å². The summed E-state index contributed by atoms with van der Waals surface area (Å²) in [5.74, 6) is -11.1. The van der Waals surface area contributed by atoms with Crippen molar-refractivity contribution >= 4 is 34.9 Å². The molecule has 0 aromatic heterocycles. The monoisotopic (exact) mass is 527 g/mol. The molecule has 204 valence electrons. The third kappa shape index (κ3) is 3.95. The van der Waals surface area contributed by atoms with Crippen LogP contribution in [0.1, 0.15) is 48.7 Å². The third-order valence-corrected chi connectivity index (χ3v) is 8.16. The first-order valence-electron chi connectivity index (χ1n) is 12.5. The molecule has 11 heteroatoms. The Morgan fingerprint density at radius 3 is 2.32 bits per heavy atom. The Bertz CT molecular complexity index is 1280. The molecule has 0 heterocycles. The van der Waals surface area contributed by atoms with Gasteiger partial charge in [-0.2, -0.15) is 0 Å². The zero-order valence-corrected chi connectivity index (χ0v) is 22.0. The van der Waals surface area contributed by atoms with Gasteiger partial charge in [0, 0.05) is 17.9 Å². The number of carbonyl (C=O) groups is 6. The van der Waals surface area contributed by atoms with Crippen LogP contribution in [0.2, 0.25) is 0 Å². The van der Waals surface area contributed by atoms with Crippen LogP contribution in [0.15, 0.2) is 12.1 Å². The van der Waals surface area contributed by atoms with Crippen LogP contribution in [0.3, 0.4) is 0 Å². The molecule has 3 aliphatic carbocycles. The maximum absolute atomic E-state index is 13.8. The summed E-state index contributed by atoms with van der Waals surface area (Å²) in [4.78, 5) is 79.8. The quantitative estimate of drug-likeness (QED) is 0.376. The first-order valence-corrected chi connectivity index (χ1v) is 12.5. The Hall–Kier alpha value is -3.44. The summed E-state index contributed by atoms with van der Waals surface area (Å²) in [6.07, 6.45) is 0.105. The molecule has 1 aromatic rings. The molecule has 6 atom stereocenters. The van der Waals surface area contributed by atoms with Gasteiger partial charge in [-0.25, -0.2) is 0 Å². The van der Waals surface area contributed by atoms with Gasteiger partial charge in [-0.3, -0.25) is 33.7 Å². The number of likely N-dealkylation sites (N-methyl/N-ethyl adjacent to an activating group) is 1. The number of carbonyl (C=O) groups excluding carboxylic acids is 6. The fraction of sp³-hybridized carbons (Fsp3) is 0.556. The van der Waals surface area contributed by atoms with Crippen LogP contribution in [0.4, 0.5) is 0 Å². The molecule has 1 aromatic carbocycles. The van der Waals surface area contributed by atoms with Gasteiger partial charge in [0.25, 0.3) is 0 Å². The van der Waals surface area contributed by atoms with E-state index in [1.165, 1.54) is 25.1 Å². The maximum Gasteiger partial charge on any atom is 0.235 e. The van der Waals surface area contributed by atoms with E-state index in [-0.39, 0.29) is 36.6 Å². The average molecular weight is 528 g/mol. The Kier molecular flexibility index (Phi) is 6.60. The molecular weight excluding hydrogens is 494 g/mol. The van der Waals surface area contributed by atoms with Crippen LogP contribution in [-0.2, 0) is 36.9 Å². The summed E-state index contributed by atoms with van der Waals surface area (Å²) < 4.78 is 0. The van der Waals surface area contributed by atoms with Crippen LogP contribution < -0.4 is 11.1 Å². The van der Waals surface area contributed by atoms with Crippen LogP contribution in [0, 0.1) is 29.1 Å². The molecule has 0 spiro atoms. The average Bonchev–Trinajstić information content (AvgIpc) is 2.79. The number of aliphatic hydroxyl groups is 1. The van der Waals surface area contributed by atoms with Gasteiger partial charge in [0.15, 0.2) is 34.7 Å². The van der Waals surface area contributed by atoms with Crippen LogP contribution >= 0.6 is 0 Å². The number of amides is 2. The number of aromatic hydroxyl groups is 1. The normalized spacial score (nSPS) is 31.0. The molecule has 0 saturated heterocycles. The van der Waals surface area contributed by atoms with Crippen LogP contribution in [0.25, 0.3) is 0 Å². The number of primary amides is 1. The topological polar surface area (TPSA) is 184 Å². The van der Waals surface area contributed by atoms with Crippen molar-refractivity contribution in [3.8, 4) is 5.75 Å². The number of ketones is 4. The van der Waals surface area contributed by atoms with E-state index in [1.54, 1.807) is 26.8 Å². The number of nitrogens with one attached hydrogen (secondary N) is 1. The Balaban J connectivity index is 1.79. The van der Waals surface area contributed by atoms with Gasteiger partial charge in [-0.05, 0) is 50.0 Å². The number of hydrogen-bond acceptors (Lipinski definition) is 9. The molecule has 5 N–H and O–H groups in total. The fourth-order valence-electron chi connectivity index (χ4n) is 6.28. The number of phenols is 1. The molecule has 0 bridgehead atoms. The van der Waals surface area contributed by atoms with E-state index in [2.05, 4.69) is 5.32 Å². The molecule has 2 saturated carbocycles. The number of benzene rings is 1. The molecule has 11 nitrogen and oxygen atoms in total. The van der Waals surface area contributed by atoms with Gasteiger partial charge < -0.3 is 21.3 Å². The largest absolute Gasteiger partial charge is 0.507 e. The summed E-state index contributed by atoms with van der Waals surface area (Å²) in [5, 5.41) is 25.0. The lowest BCUT2D eigenvalue weighted by Crippen LogP contribution is -2.74. The lowest BCUT2D eigenvalue weighted by atomic mass is 9.52. The summed E-state index contributed by atoms with van der Waals surface area (Å²) in [7, 11) is 3.06. The highest BCUT2D eigenvalue weighted by Gasteiger charge is 2.69. The van der Waals surface area contributed by atoms with Crippen LogP contribution in [0.5, 0.6) is 5.75 Å². The van der Waals surface area contributed by atoms with E-state index in [0.29, 0.717) is 11.1 Å². The van der Waals surface area contributed by atoms with Gasteiger partial charge in [0.2, 0.25) is 11.8 Å². The van der Waals surface area contributed by atoms with E-state index >= 15 is 0 Å². The van der Waals surface area contributed by atoms with Gasteiger partial charge >= 0.3 is 0 Å². The minimum atomic E-state index is -2.76. The van der Waals surface area contributed by atoms with Crippen molar-refractivity contribution < 1.29 is 39.0 Å². The smallest absolute Gasteiger partial charge is 0.235 e. The Labute approximate surface area is 219 Å². The van der Waals surface area contributed by atoms with Crippen molar-refractivity contribution in [3.05, 3.63) is 28.8 Å². The molecule has 38 heavy (non-hydrogen) atoms. The van der Waals surface area contributed by atoms with Crippen molar-refractivity contribution in [3.63, 3.8) is 0 Å². The molecule has 2 unspecified atom stereocenters. The first kappa shape index (κ1) is 27.6. The van der Waals surface area contributed by atoms with Crippen molar-refractivity contribution in [2.75, 3.05) is 14.1 Å². The van der Waals surface area contributed by atoms with Gasteiger partial charge in [0.1, 0.15) is 5.75 Å². The minimum Gasteiger partial charge on any atom is -0.507 e. The molecule has 2 fully saturated rings. The predicted molar refractivity (Wildman–Crippen MR) is 133 cm³/mol. The summed E-state index contributed by atoms with van der Waals surface area (Å²) in [6.45, 7) is 5.36. The van der Waals surface area contributed by atoms with Crippen molar-refractivity contribution in [1.82, 2.24) is 10.2 Å². The second-order valence-electron chi connectivity index (χ2n) is 11.8. The fourth-order valence-corrected chi connectivity index (χ4v) is 6.28. The molecule has 3 aliphatic rings. The molecule has 0 radical (unpaired) electrons. The zero-order chi connectivity index (χ0) is 28.5. The van der Waals surface area contributed by atoms with Crippen LogP contribution in [-0.4, -0.2) is 75.8 Å². The van der Waals surface area contributed by atoms with E-state index in [0.717, 1.165) is 0 Å². The molecule has 4 rings (SSSR count). The SMILES string of the molecule is CN(C)[C@@H]1C(=O)C(C(N)=O)C(=O)[C@@]2(O)C(=O)C3C(=O)c4c(O)ccc(CNC(=O)C(C)(C)C)c4C[C@H]3C[C@@H]12. The highest BCUT2D eigenvalue weighted by Crippen LogP contribution is 2.51. The first-order chi connectivity index (χ1) is 17.5. The number of rotatable bonds is 4. The van der Waals surface area contributed by atoms with Crippen molar-refractivity contribution in [2.45, 2.75) is 51.8 Å². The Morgan fingerprint density at radius 1 is 1.13 bits per heavy atom. The van der Waals surface area contributed by atoms with E-state index in [4.69, 9.17) is 5.73 Å². The standard InChI is InChI=1S/C27H33N3O8/c1-26(2,3)25(37)29-10-11-6-7-15(31)17-13(11)8-12-9-14-19(30(4)5)21(33)18(24(28)36)23(35)27(14,38)22(34)16(12)20(17)32/h6-7,12,14,16,18-19,31,38H,8-10H2,1-5H3,(H2,28,36)(H,29,37)/t12-,14-,16?,18?,19-,27-/m0/s1. The maximum atomic E-state index is 13.8. The second-order valence-corrected chi connectivity index (χ2v) is 11.8. The number of fused-ring (bicyclic) bond motifs is 3. The molecule has 0 aliphatic heterocycles. The van der Waals surface area contributed by atoms with Crippen molar-refractivity contribution in [2.24, 2.45) is 34.8 Å². The molecular formula is C27H33N3O8. The highest BCUT2D eigenvalue weighted by atomic mass is 16.3. The zero-order valence-electron chi connectivity index (χ0n) is 22.0. The van der Waals surface area contributed by atoms with Gasteiger partial charge in [0.05, 0.1) is 17.5 Å². The number of phenolic OH excluding ortho intramolecular Hbond substituents is 1. The number of hydrogen-bond donors (Lipinski definition) is 4. The predicted octanol–water partition coefficient (Wildman–Crippen LogP) is -0.471. The van der Waals surface area contributed by atoms with Crippen molar-refractivity contribution in [1.29, 1.82) is 0 Å². The number of nitrogens with two attached hydrogens (primary N) is 1. The van der Waals surface area contributed by atoms with Gasteiger partial charge in [-0.15, -0.1) is 0 Å². The van der Waals surface area contributed by atoms with E-state index in [9.17, 15) is 39.0 Å². The molecule has 2 amide bonds. The lowest BCUT2D eigenvalue weighted by Gasteiger charge is -2.52. The summed E-state index contributed by atoms with van der Waals surface area (Å²) >= 11 is 0. The lowest BCUT2D eigenvalue weighted by molar-refractivity contribution is -0.181. The third-order valence-electron chi connectivity index (χ3n) is 8.16. The van der Waals surface area contributed by atoms with Gasteiger partial charge in [-0.1, -0.05) is 26.8 Å². The van der Waals surface area contributed by atoms with E-state index < -0.39 is 69.8 Å². The second kappa shape index (κ2) is 9.09. The summed E-state index contributed by atoms with van der Waals surface area (Å²) in [5.41, 5.74) is 2.87. The summed E-state index contributed by atoms with van der Waals surface area (Å²) in [6, 6.07) is 1.74. The Morgan fingerprint density at radius 2 is 1.76 bits per heavy atom.